The van der Waals surface area contributed by atoms with E-state index < -0.39 is 0 Å². The van der Waals surface area contributed by atoms with Crippen LogP contribution in [0.25, 0.3) is 0 Å². The number of oxime groups is 1. The second kappa shape index (κ2) is 6.79. The molecule has 0 aromatic heterocycles. The zero-order valence-electron chi connectivity index (χ0n) is 12.5. The Balaban J connectivity index is 2.02. The van der Waals surface area contributed by atoms with Crippen LogP contribution in [-0.2, 0) is 11.4 Å². The molecule has 0 aliphatic rings. The maximum Gasteiger partial charge on any atom is 0.160 e. The number of nitrogens with zero attached hydrogens (tertiary/aromatic N) is 1. The minimum Gasteiger partial charge on any atom is -0.504 e. The van der Waals surface area contributed by atoms with Gasteiger partial charge in [-0.2, -0.15) is 0 Å². The van der Waals surface area contributed by atoms with Gasteiger partial charge in [0.15, 0.2) is 11.5 Å². The van der Waals surface area contributed by atoms with Crippen molar-refractivity contribution in [2.75, 3.05) is 7.11 Å². The number of hydrogen-bond acceptors (Lipinski definition) is 4. The third-order valence-electron chi connectivity index (χ3n) is 3.11. The zero-order chi connectivity index (χ0) is 15.2. The molecule has 0 fully saturated rings. The molecule has 2 aromatic carbocycles. The summed E-state index contributed by atoms with van der Waals surface area (Å²) in [6.07, 6.45) is 0. The predicted molar refractivity (Wildman–Crippen MR) is 82.8 cm³/mol. The molecule has 0 radical (unpaired) electrons. The van der Waals surface area contributed by atoms with Gasteiger partial charge in [-0.15, -0.1) is 0 Å². The van der Waals surface area contributed by atoms with E-state index in [2.05, 4.69) is 11.2 Å². The summed E-state index contributed by atoms with van der Waals surface area (Å²) in [7, 11) is 1.51. The zero-order valence-corrected chi connectivity index (χ0v) is 12.5. The Labute approximate surface area is 124 Å². The second-order valence-electron chi connectivity index (χ2n) is 4.83. The number of aryl methyl sites for hydroxylation is 1. The molecule has 0 bridgehead atoms. The molecular weight excluding hydrogens is 266 g/mol. The molecule has 0 saturated heterocycles. The number of ether oxygens (including phenoxy) is 1. The minimum atomic E-state index is 0.0863. The van der Waals surface area contributed by atoms with E-state index in [1.165, 1.54) is 12.7 Å². The molecule has 0 atom stereocenters. The van der Waals surface area contributed by atoms with E-state index in [1.54, 1.807) is 12.1 Å². The highest BCUT2D eigenvalue weighted by molar-refractivity contribution is 5.98. The van der Waals surface area contributed by atoms with Gasteiger partial charge in [-0.25, -0.2) is 0 Å². The topological polar surface area (TPSA) is 51.0 Å². The third kappa shape index (κ3) is 3.99. The molecule has 0 amide bonds. The fourth-order valence-electron chi connectivity index (χ4n) is 1.97. The normalized spacial score (nSPS) is 11.3. The molecule has 0 aliphatic carbocycles. The Morgan fingerprint density at radius 1 is 1.19 bits per heavy atom. The highest BCUT2D eigenvalue weighted by Crippen LogP contribution is 2.26. The van der Waals surface area contributed by atoms with Crippen LogP contribution in [0, 0.1) is 6.92 Å². The van der Waals surface area contributed by atoms with Gasteiger partial charge < -0.3 is 14.7 Å². The summed E-state index contributed by atoms with van der Waals surface area (Å²) in [4.78, 5) is 5.36. The number of methoxy groups -OCH3 is 1. The molecule has 2 aromatic rings. The second-order valence-corrected chi connectivity index (χ2v) is 4.83. The van der Waals surface area contributed by atoms with Crippen LogP contribution in [0.5, 0.6) is 11.5 Å². The first-order chi connectivity index (χ1) is 10.1. The Hall–Kier alpha value is -2.49. The molecule has 0 spiro atoms. The van der Waals surface area contributed by atoms with Gasteiger partial charge in [0.1, 0.15) is 6.61 Å². The highest BCUT2D eigenvalue weighted by Gasteiger charge is 2.05. The highest BCUT2D eigenvalue weighted by atomic mass is 16.6. The van der Waals surface area contributed by atoms with E-state index in [0.29, 0.717) is 18.1 Å². The van der Waals surface area contributed by atoms with Gasteiger partial charge in [0.05, 0.1) is 12.8 Å². The molecule has 21 heavy (non-hydrogen) atoms. The van der Waals surface area contributed by atoms with Crippen LogP contribution in [0.15, 0.2) is 47.6 Å². The van der Waals surface area contributed by atoms with Gasteiger partial charge in [0, 0.05) is 5.56 Å². The first kappa shape index (κ1) is 14.9. The van der Waals surface area contributed by atoms with Crippen LogP contribution in [0.3, 0.4) is 0 Å². The van der Waals surface area contributed by atoms with Crippen molar-refractivity contribution < 1.29 is 14.7 Å². The van der Waals surface area contributed by atoms with Crippen LogP contribution < -0.4 is 4.74 Å². The van der Waals surface area contributed by atoms with Crippen LogP contribution >= 0.6 is 0 Å². The Kier molecular flexibility index (Phi) is 4.82. The first-order valence-corrected chi connectivity index (χ1v) is 6.69. The summed E-state index contributed by atoms with van der Waals surface area (Å²) in [6, 6.07) is 13.2. The number of aromatic hydroxyl groups is 1. The van der Waals surface area contributed by atoms with Crippen molar-refractivity contribution in [3.05, 3.63) is 59.2 Å². The maximum absolute atomic E-state index is 9.75. The van der Waals surface area contributed by atoms with E-state index >= 15 is 0 Å². The molecule has 2 rings (SSSR count). The van der Waals surface area contributed by atoms with Crippen molar-refractivity contribution >= 4 is 5.71 Å². The summed E-state index contributed by atoms with van der Waals surface area (Å²) < 4.78 is 5.01. The lowest BCUT2D eigenvalue weighted by Gasteiger charge is -2.06. The van der Waals surface area contributed by atoms with Crippen molar-refractivity contribution in [2.24, 2.45) is 5.16 Å². The monoisotopic (exact) mass is 285 g/mol. The Bertz CT molecular complexity index is 650. The van der Waals surface area contributed by atoms with Crippen LogP contribution in [0.4, 0.5) is 0 Å². The Morgan fingerprint density at radius 3 is 2.67 bits per heavy atom. The van der Waals surface area contributed by atoms with E-state index in [0.717, 1.165) is 11.1 Å². The fraction of sp³-hybridized carbons (Fsp3) is 0.235. The summed E-state index contributed by atoms with van der Waals surface area (Å²) in [5.41, 5.74) is 3.75. The van der Waals surface area contributed by atoms with Crippen molar-refractivity contribution in [3.8, 4) is 11.5 Å². The van der Waals surface area contributed by atoms with E-state index in [-0.39, 0.29) is 5.75 Å². The fourth-order valence-corrected chi connectivity index (χ4v) is 1.97. The lowest BCUT2D eigenvalue weighted by atomic mass is 10.1. The van der Waals surface area contributed by atoms with E-state index in [9.17, 15) is 5.11 Å². The van der Waals surface area contributed by atoms with Gasteiger partial charge in [-0.05, 0) is 37.6 Å². The van der Waals surface area contributed by atoms with Crippen molar-refractivity contribution in [3.63, 3.8) is 0 Å². The average Bonchev–Trinajstić information content (AvgIpc) is 2.47. The molecule has 1 N–H and O–H groups in total. The quantitative estimate of drug-likeness (QED) is 0.674. The van der Waals surface area contributed by atoms with Gasteiger partial charge in [0.2, 0.25) is 0 Å². The number of hydrogen-bond donors (Lipinski definition) is 1. The van der Waals surface area contributed by atoms with Gasteiger partial charge in [0.25, 0.3) is 0 Å². The van der Waals surface area contributed by atoms with Crippen LogP contribution in [0.1, 0.15) is 23.6 Å². The van der Waals surface area contributed by atoms with Gasteiger partial charge in [-0.3, -0.25) is 0 Å². The largest absolute Gasteiger partial charge is 0.504 e. The van der Waals surface area contributed by atoms with Crippen molar-refractivity contribution in [2.45, 2.75) is 20.5 Å². The third-order valence-corrected chi connectivity index (χ3v) is 3.11. The molecule has 0 saturated carbocycles. The summed E-state index contributed by atoms with van der Waals surface area (Å²) in [5, 5.41) is 13.8. The lowest BCUT2D eigenvalue weighted by molar-refractivity contribution is 0.130. The molecule has 0 aliphatic heterocycles. The maximum atomic E-state index is 9.75. The smallest absolute Gasteiger partial charge is 0.160 e. The van der Waals surface area contributed by atoms with Crippen LogP contribution in [-0.4, -0.2) is 17.9 Å². The standard InChI is InChI=1S/C17H19NO3/c1-12-5-4-6-14(9-12)11-21-18-13(2)15-7-8-17(20-3)16(19)10-15/h4-10,19H,11H2,1-3H3/b18-13+. The molecular formula is C17H19NO3. The molecule has 0 unspecified atom stereocenters. The summed E-state index contributed by atoms with van der Waals surface area (Å²) in [5.74, 6) is 0.524. The van der Waals surface area contributed by atoms with E-state index in [4.69, 9.17) is 9.57 Å². The lowest BCUT2D eigenvalue weighted by Crippen LogP contribution is -1.97. The SMILES string of the molecule is COc1ccc(/C(C)=N/OCc2cccc(C)c2)cc1O. The van der Waals surface area contributed by atoms with Gasteiger partial charge >= 0.3 is 0 Å². The number of rotatable bonds is 5. The first-order valence-electron chi connectivity index (χ1n) is 6.69. The van der Waals surface area contributed by atoms with Gasteiger partial charge in [-0.1, -0.05) is 35.0 Å². The summed E-state index contributed by atoms with van der Waals surface area (Å²) in [6.45, 7) is 4.29. The number of benzene rings is 2. The number of phenols is 1. The minimum absolute atomic E-state index is 0.0863. The molecule has 110 valence electrons. The molecule has 4 heteroatoms. The summed E-state index contributed by atoms with van der Waals surface area (Å²) >= 11 is 0. The predicted octanol–water partition coefficient (Wildman–Crippen LogP) is 3.65. The van der Waals surface area contributed by atoms with E-state index in [1.807, 2.05) is 38.1 Å². The van der Waals surface area contributed by atoms with Crippen molar-refractivity contribution in [1.29, 1.82) is 0 Å². The number of phenolic OH excluding ortho intramolecular Hbond substituents is 1. The van der Waals surface area contributed by atoms with Crippen LogP contribution in [0.2, 0.25) is 0 Å². The Morgan fingerprint density at radius 2 is 2.00 bits per heavy atom. The molecule has 4 nitrogen and oxygen atoms in total. The molecule has 0 heterocycles. The van der Waals surface area contributed by atoms with Crippen molar-refractivity contribution in [1.82, 2.24) is 0 Å². The average molecular weight is 285 g/mol.